The Bertz CT molecular complexity index is 662. The Hall–Kier alpha value is -2.29. The summed E-state index contributed by atoms with van der Waals surface area (Å²) in [5.41, 5.74) is 5.13. The number of amides is 1. The molecule has 21 heavy (non-hydrogen) atoms. The van der Waals surface area contributed by atoms with Gasteiger partial charge < -0.3 is 10.1 Å². The average molecular weight is 283 g/mol. The largest absolute Gasteiger partial charge is 0.496 e. The standard InChI is InChI=1S/C18H21NO2/c1-12-5-7-16(14(3)9-12)19-18(20)11-15-10-13(2)6-8-17(15)21-4/h5-10H,11H2,1-4H3,(H,19,20). The van der Waals surface area contributed by atoms with Crippen LogP contribution < -0.4 is 10.1 Å². The molecule has 0 saturated heterocycles. The number of hydrogen-bond donors (Lipinski definition) is 1. The van der Waals surface area contributed by atoms with Gasteiger partial charge in [0.1, 0.15) is 5.75 Å². The van der Waals surface area contributed by atoms with Crippen LogP contribution in [0.3, 0.4) is 0 Å². The normalized spacial score (nSPS) is 10.3. The van der Waals surface area contributed by atoms with E-state index >= 15 is 0 Å². The van der Waals surface area contributed by atoms with Gasteiger partial charge in [0.15, 0.2) is 0 Å². The molecule has 1 N–H and O–H groups in total. The lowest BCUT2D eigenvalue weighted by Crippen LogP contribution is -2.15. The summed E-state index contributed by atoms with van der Waals surface area (Å²) in [7, 11) is 1.62. The van der Waals surface area contributed by atoms with Crippen molar-refractivity contribution < 1.29 is 9.53 Å². The summed E-state index contributed by atoms with van der Waals surface area (Å²) in [6.07, 6.45) is 0.304. The summed E-state index contributed by atoms with van der Waals surface area (Å²) in [6, 6.07) is 11.9. The first-order valence-electron chi connectivity index (χ1n) is 7.00. The number of nitrogens with one attached hydrogen (secondary N) is 1. The molecule has 0 heterocycles. The Labute approximate surface area is 126 Å². The fraction of sp³-hybridized carbons (Fsp3) is 0.278. The van der Waals surface area contributed by atoms with Crippen LogP contribution in [0, 0.1) is 20.8 Å². The van der Waals surface area contributed by atoms with Gasteiger partial charge in [-0.15, -0.1) is 0 Å². The van der Waals surface area contributed by atoms with E-state index in [1.54, 1.807) is 7.11 Å². The van der Waals surface area contributed by atoms with Gasteiger partial charge in [0.25, 0.3) is 0 Å². The molecule has 2 aromatic carbocycles. The van der Waals surface area contributed by atoms with E-state index in [9.17, 15) is 4.79 Å². The van der Waals surface area contributed by atoms with Gasteiger partial charge in [-0.25, -0.2) is 0 Å². The van der Waals surface area contributed by atoms with Gasteiger partial charge in [-0.3, -0.25) is 4.79 Å². The van der Waals surface area contributed by atoms with Crippen molar-refractivity contribution in [3.8, 4) is 5.75 Å². The minimum atomic E-state index is -0.0362. The monoisotopic (exact) mass is 283 g/mol. The average Bonchev–Trinajstić information content (AvgIpc) is 2.42. The van der Waals surface area contributed by atoms with Crippen LogP contribution in [0.15, 0.2) is 36.4 Å². The molecule has 0 unspecified atom stereocenters. The topological polar surface area (TPSA) is 38.3 Å². The molecular weight excluding hydrogens is 262 g/mol. The van der Waals surface area contributed by atoms with Gasteiger partial charge in [0.2, 0.25) is 5.91 Å². The SMILES string of the molecule is COc1ccc(C)cc1CC(=O)Nc1ccc(C)cc1C. The van der Waals surface area contributed by atoms with E-state index in [1.165, 1.54) is 5.56 Å². The van der Waals surface area contributed by atoms with E-state index in [1.807, 2.05) is 51.1 Å². The second-order valence-corrected chi connectivity index (χ2v) is 5.36. The Morgan fingerprint density at radius 1 is 1.05 bits per heavy atom. The Morgan fingerprint density at radius 3 is 2.38 bits per heavy atom. The van der Waals surface area contributed by atoms with Crippen molar-refractivity contribution in [2.24, 2.45) is 0 Å². The molecule has 0 radical (unpaired) electrons. The molecule has 0 aromatic heterocycles. The molecule has 0 aliphatic carbocycles. The zero-order chi connectivity index (χ0) is 15.4. The number of carbonyl (C=O) groups is 1. The maximum Gasteiger partial charge on any atom is 0.228 e. The van der Waals surface area contributed by atoms with E-state index in [0.717, 1.165) is 28.1 Å². The highest BCUT2D eigenvalue weighted by Crippen LogP contribution is 2.21. The van der Waals surface area contributed by atoms with Crippen LogP contribution in [0.2, 0.25) is 0 Å². The van der Waals surface area contributed by atoms with Gasteiger partial charge >= 0.3 is 0 Å². The van der Waals surface area contributed by atoms with Crippen LogP contribution >= 0.6 is 0 Å². The molecule has 0 fully saturated rings. The van der Waals surface area contributed by atoms with E-state index in [0.29, 0.717) is 6.42 Å². The summed E-state index contributed by atoms with van der Waals surface area (Å²) in [4.78, 5) is 12.2. The lowest BCUT2D eigenvalue weighted by Gasteiger charge is -2.11. The second-order valence-electron chi connectivity index (χ2n) is 5.36. The molecule has 3 heteroatoms. The number of anilines is 1. The van der Waals surface area contributed by atoms with Gasteiger partial charge in [-0.2, -0.15) is 0 Å². The number of benzene rings is 2. The van der Waals surface area contributed by atoms with Gasteiger partial charge in [0.05, 0.1) is 13.5 Å². The highest BCUT2D eigenvalue weighted by atomic mass is 16.5. The fourth-order valence-electron chi connectivity index (χ4n) is 2.37. The summed E-state index contributed by atoms with van der Waals surface area (Å²) >= 11 is 0. The Morgan fingerprint density at radius 2 is 1.71 bits per heavy atom. The van der Waals surface area contributed by atoms with Crippen molar-refractivity contribution >= 4 is 11.6 Å². The van der Waals surface area contributed by atoms with Crippen LogP contribution in [0.25, 0.3) is 0 Å². The van der Waals surface area contributed by atoms with E-state index in [4.69, 9.17) is 4.74 Å². The number of carbonyl (C=O) groups excluding carboxylic acids is 1. The minimum absolute atomic E-state index is 0.0362. The molecule has 3 nitrogen and oxygen atoms in total. The van der Waals surface area contributed by atoms with Gasteiger partial charge in [0, 0.05) is 11.3 Å². The smallest absolute Gasteiger partial charge is 0.228 e. The molecule has 0 saturated carbocycles. The predicted octanol–water partition coefficient (Wildman–Crippen LogP) is 3.80. The first kappa shape index (κ1) is 15.1. The maximum atomic E-state index is 12.2. The number of methoxy groups -OCH3 is 1. The van der Waals surface area contributed by atoms with Crippen LogP contribution in [0.5, 0.6) is 5.75 Å². The lowest BCUT2D eigenvalue weighted by molar-refractivity contribution is -0.115. The van der Waals surface area contributed by atoms with Crippen molar-refractivity contribution in [1.29, 1.82) is 0 Å². The fourth-order valence-corrected chi connectivity index (χ4v) is 2.37. The quantitative estimate of drug-likeness (QED) is 0.926. The summed E-state index contributed by atoms with van der Waals surface area (Å²) < 4.78 is 5.31. The molecule has 0 spiro atoms. The first-order valence-corrected chi connectivity index (χ1v) is 7.00. The highest BCUT2D eigenvalue weighted by molar-refractivity contribution is 5.93. The Kier molecular flexibility index (Phi) is 4.63. The van der Waals surface area contributed by atoms with Crippen molar-refractivity contribution in [3.63, 3.8) is 0 Å². The van der Waals surface area contributed by atoms with Crippen molar-refractivity contribution in [1.82, 2.24) is 0 Å². The summed E-state index contributed by atoms with van der Waals surface area (Å²) in [5, 5.41) is 2.96. The lowest BCUT2D eigenvalue weighted by atomic mass is 10.1. The van der Waals surface area contributed by atoms with Crippen LogP contribution in [0.4, 0.5) is 5.69 Å². The molecule has 2 rings (SSSR count). The molecule has 0 aliphatic rings. The molecule has 0 bridgehead atoms. The van der Waals surface area contributed by atoms with Crippen molar-refractivity contribution in [2.75, 3.05) is 12.4 Å². The molecule has 1 amide bonds. The van der Waals surface area contributed by atoms with E-state index in [2.05, 4.69) is 11.4 Å². The molecule has 2 aromatic rings. The zero-order valence-corrected chi connectivity index (χ0v) is 13.0. The maximum absolute atomic E-state index is 12.2. The van der Waals surface area contributed by atoms with Crippen molar-refractivity contribution in [2.45, 2.75) is 27.2 Å². The summed E-state index contributed by atoms with van der Waals surface area (Å²) in [5.74, 6) is 0.710. The highest BCUT2D eigenvalue weighted by Gasteiger charge is 2.10. The number of hydrogen-bond acceptors (Lipinski definition) is 2. The molecule has 0 aliphatic heterocycles. The van der Waals surface area contributed by atoms with E-state index in [-0.39, 0.29) is 5.91 Å². The minimum Gasteiger partial charge on any atom is -0.496 e. The van der Waals surface area contributed by atoms with Crippen LogP contribution in [-0.4, -0.2) is 13.0 Å². The third-order valence-electron chi connectivity index (χ3n) is 3.44. The predicted molar refractivity (Wildman–Crippen MR) is 86.0 cm³/mol. The number of rotatable bonds is 4. The third kappa shape index (κ3) is 3.85. The second kappa shape index (κ2) is 6.44. The number of aryl methyl sites for hydroxylation is 3. The van der Waals surface area contributed by atoms with E-state index < -0.39 is 0 Å². The Balaban J connectivity index is 2.13. The molecule has 0 atom stereocenters. The van der Waals surface area contributed by atoms with Crippen molar-refractivity contribution in [3.05, 3.63) is 58.7 Å². The zero-order valence-electron chi connectivity index (χ0n) is 13.0. The van der Waals surface area contributed by atoms with Crippen LogP contribution in [-0.2, 0) is 11.2 Å². The third-order valence-corrected chi connectivity index (χ3v) is 3.44. The van der Waals surface area contributed by atoms with Gasteiger partial charge in [-0.1, -0.05) is 35.4 Å². The number of ether oxygens (including phenoxy) is 1. The first-order chi connectivity index (χ1) is 9.99. The summed E-state index contributed by atoms with van der Waals surface area (Å²) in [6.45, 7) is 6.04. The van der Waals surface area contributed by atoms with Gasteiger partial charge in [-0.05, 0) is 38.5 Å². The molecule has 110 valence electrons. The molecular formula is C18H21NO2. The van der Waals surface area contributed by atoms with Crippen LogP contribution in [0.1, 0.15) is 22.3 Å².